The van der Waals surface area contributed by atoms with Crippen LogP contribution in [0.15, 0.2) is 41.7 Å². The van der Waals surface area contributed by atoms with Gasteiger partial charge in [-0.2, -0.15) is 0 Å². The minimum atomic E-state index is -0.191. The van der Waals surface area contributed by atoms with E-state index in [0.717, 1.165) is 16.5 Å². The first kappa shape index (κ1) is 12.4. The second-order valence-corrected chi connectivity index (χ2v) is 5.20. The Bertz CT molecular complexity index is 576. The Balaban J connectivity index is 2.35. The number of nitrogens with one attached hydrogen (secondary N) is 1. The van der Waals surface area contributed by atoms with E-state index in [1.807, 2.05) is 51.2 Å². The van der Waals surface area contributed by atoms with Crippen LogP contribution in [0.1, 0.15) is 20.8 Å². The van der Waals surface area contributed by atoms with E-state index in [-0.39, 0.29) is 5.54 Å². The molecule has 0 aliphatic rings. The fourth-order valence-corrected chi connectivity index (χ4v) is 1.76. The minimum absolute atomic E-state index is 0.191. The summed E-state index contributed by atoms with van der Waals surface area (Å²) in [6.07, 6.45) is 3.60. The zero-order valence-corrected chi connectivity index (χ0v) is 10.9. The molecule has 0 saturated carbocycles. The van der Waals surface area contributed by atoms with Crippen molar-refractivity contribution in [2.24, 2.45) is 10.7 Å². The first-order valence-electron chi connectivity index (χ1n) is 5.91. The molecule has 1 heterocycles. The summed E-state index contributed by atoms with van der Waals surface area (Å²) in [7, 11) is 0. The quantitative estimate of drug-likeness (QED) is 0.597. The summed E-state index contributed by atoms with van der Waals surface area (Å²) in [6.45, 7) is 6.03. The zero-order valence-electron chi connectivity index (χ0n) is 10.9. The van der Waals surface area contributed by atoms with Gasteiger partial charge in [0.05, 0.1) is 5.54 Å². The lowest BCUT2D eigenvalue weighted by Crippen LogP contribution is -2.27. The fraction of sp³-hybridized carbons (Fsp3) is 0.286. The molecular weight excluding hydrogens is 224 g/mol. The highest BCUT2D eigenvalue weighted by atomic mass is 15.1. The average Bonchev–Trinajstić information content (AvgIpc) is 2.27. The van der Waals surface area contributed by atoms with Gasteiger partial charge in [0, 0.05) is 28.9 Å². The summed E-state index contributed by atoms with van der Waals surface area (Å²) in [6, 6.07) is 7.93. The van der Waals surface area contributed by atoms with E-state index in [1.54, 1.807) is 6.20 Å². The minimum Gasteiger partial charge on any atom is -0.370 e. The van der Waals surface area contributed by atoms with E-state index >= 15 is 0 Å². The lowest BCUT2D eigenvalue weighted by Gasteiger charge is -2.15. The normalized spacial score (nSPS) is 12.7. The fourth-order valence-electron chi connectivity index (χ4n) is 1.76. The van der Waals surface area contributed by atoms with Crippen LogP contribution in [0.4, 0.5) is 5.69 Å². The van der Waals surface area contributed by atoms with Crippen LogP contribution < -0.4 is 11.1 Å². The number of benzene rings is 1. The van der Waals surface area contributed by atoms with Crippen molar-refractivity contribution in [3.8, 4) is 0 Å². The number of rotatable bonds is 1. The maximum Gasteiger partial charge on any atom is 0.193 e. The maximum atomic E-state index is 5.91. The van der Waals surface area contributed by atoms with Gasteiger partial charge in [0.15, 0.2) is 5.96 Å². The molecule has 0 radical (unpaired) electrons. The molecule has 1 aromatic carbocycles. The molecule has 3 N–H and O–H groups in total. The molecule has 0 atom stereocenters. The molecule has 0 aliphatic heterocycles. The van der Waals surface area contributed by atoms with Crippen molar-refractivity contribution >= 4 is 22.4 Å². The van der Waals surface area contributed by atoms with Gasteiger partial charge in [-0.25, -0.2) is 4.99 Å². The van der Waals surface area contributed by atoms with Crippen molar-refractivity contribution in [3.05, 3.63) is 36.7 Å². The Morgan fingerprint density at radius 1 is 1.28 bits per heavy atom. The standard InChI is InChI=1S/C14H18N4/c1-14(2,3)18-13(15)17-12-6-4-5-10-9-16-8-7-11(10)12/h4-9H,1-3H3,(H3,15,17,18). The molecule has 4 heteroatoms. The number of pyridine rings is 1. The first-order chi connectivity index (χ1) is 8.46. The molecule has 0 spiro atoms. The smallest absolute Gasteiger partial charge is 0.193 e. The van der Waals surface area contributed by atoms with Crippen molar-refractivity contribution < 1.29 is 0 Å². The molecule has 1 aromatic heterocycles. The van der Waals surface area contributed by atoms with Crippen LogP contribution >= 0.6 is 0 Å². The van der Waals surface area contributed by atoms with E-state index in [2.05, 4.69) is 15.3 Å². The number of hydrogen-bond donors (Lipinski definition) is 2. The van der Waals surface area contributed by atoms with E-state index in [1.165, 1.54) is 0 Å². The van der Waals surface area contributed by atoms with Gasteiger partial charge in [-0.15, -0.1) is 0 Å². The topological polar surface area (TPSA) is 63.3 Å². The second-order valence-electron chi connectivity index (χ2n) is 5.20. The highest BCUT2D eigenvalue weighted by Crippen LogP contribution is 2.22. The number of hydrogen-bond acceptors (Lipinski definition) is 2. The van der Waals surface area contributed by atoms with E-state index < -0.39 is 0 Å². The molecule has 94 valence electrons. The lowest BCUT2D eigenvalue weighted by atomic mass is 10.1. The van der Waals surface area contributed by atoms with Crippen molar-refractivity contribution in [2.45, 2.75) is 26.3 Å². The number of anilines is 1. The third-order valence-electron chi connectivity index (χ3n) is 2.40. The summed E-state index contributed by atoms with van der Waals surface area (Å²) in [4.78, 5) is 8.48. The number of guanidine groups is 1. The van der Waals surface area contributed by atoms with Crippen LogP contribution in [0, 0.1) is 0 Å². The first-order valence-corrected chi connectivity index (χ1v) is 5.91. The molecule has 0 fully saturated rings. The maximum absolute atomic E-state index is 5.91. The molecule has 0 saturated heterocycles. The summed E-state index contributed by atoms with van der Waals surface area (Å²) < 4.78 is 0. The largest absolute Gasteiger partial charge is 0.370 e. The highest BCUT2D eigenvalue weighted by molar-refractivity contribution is 6.02. The van der Waals surface area contributed by atoms with Gasteiger partial charge in [0.2, 0.25) is 0 Å². The van der Waals surface area contributed by atoms with Crippen LogP contribution in [0.3, 0.4) is 0 Å². The van der Waals surface area contributed by atoms with E-state index in [4.69, 9.17) is 5.73 Å². The van der Waals surface area contributed by atoms with Gasteiger partial charge in [-0.1, -0.05) is 12.1 Å². The Morgan fingerprint density at radius 3 is 2.78 bits per heavy atom. The third kappa shape index (κ3) is 2.97. The highest BCUT2D eigenvalue weighted by Gasteiger charge is 2.09. The monoisotopic (exact) mass is 242 g/mol. The number of nitrogens with zero attached hydrogens (tertiary/aromatic N) is 2. The molecule has 2 aromatic rings. The predicted molar refractivity (Wildman–Crippen MR) is 76.7 cm³/mol. The van der Waals surface area contributed by atoms with Crippen LogP contribution in [-0.2, 0) is 0 Å². The summed E-state index contributed by atoms with van der Waals surface area (Å²) in [5, 5.41) is 5.30. The van der Waals surface area contributed by atoms with E-state index in [9.17, 15) is 0 Å². The van der Waals surface area contributed by atoms with Crippen molar-refractivity contribution in [1.82, 2.24) is 4.98 Å². The van der Waals surface area contributed by atoms with Crippen LogP contribution in [0.5, 0.6) is 0 Å². The number of aromatic nitrogens is 1. The van der Waals surface area contributed by atoms with Crippen LogP contribution in [0.2, 0.25) is 0 Å². The van der Waals surface area contributed by atoms with Crippen molar-refractivity contribution in [1.29, 1.82) is 0 Å². The van der Waals surface area contributed by atoms with Crippen LogP contribution in [-0.4, -0.2) is 16.5 Å². The Labute approximate surface area is 107 Å². The van der Waals surface area contributed by atoms with Gasteiger partial charge >= 0.3 is 0 Å². The third-order valence-corrected chi connectivity index (χ3v) is 2.40. The number of fused-ring (bicyclic) bond motifs is 1. The number of aliphatic imine (C=N–C) groups is 1. The van der Waals surface area contributed by atoms with Gasteiger partial charge in [-0.05, 0) is 32.9 Å². The van der Waals surface area contributed by atoms with Gasteiger partial charge < -0.3 is 11.1 Å². The molecule has 0 aliphatic carbocycles. The summed E-state index contributed by atoms with van der Waals surface area (Å²) in [5.74, 6) is 0.423. The lowest BCUT2D eigenvalue weighted by molar-refractivity contribution is 0.583. The summed E-state index contributed by atoms with van der Waals surface area (Å²) in [5.41, 5.74) is 6.66. The Kier molecular flexibility index (Phi) is 3.19. The molecular formula is C14H18N4. The molecule has 4 nitrogen and oxygen atoms in total. The number of nitrogens with two attached hydrogens (primary N) is 1. The van der Waals surface area contributed by atoms with Gasteiger partial charge in [-0.3, -0.25) is 4.98 Å². The predicted octanol–water partition coefficient (Wildman–Crippen LogP) is 2.76. The van der Waals surface area contributed by atoms with Crippen LogP contribution in [0.25, 0.3) is 10.8 Å². The van der Waals surface area contributed by atoms with Crippen molar-refractivity contribution in [2.75, 3.05) is 5.32 Å². The molecule has 0 unspecified atom stereocenters. The Hall–Kier alpha value is -2.10. The Morgan fingerprint density at radius 2 is 2.06 bits per heavy atom. The zero-order chi connectivity index (χ0) is 13.2. The molecule has 2 rings (SSSR count). The van der Waals surface area contributed by atoms with E-state index in [0.29, 0.717) is 5.96 Å². The molecule has 0 bridgehead atoms. The SMILES string of the molecule is CC(C)(C)N=C(N)Nc1cccc2cnccc12. The van der Waals surface area contributed by atoms with Gasteiger partial charge in [0.1, 0.15) is 0 Å². The average molecular weight is 242 g/mol. The molecule has 0 amide bonds. The van der Waals surface area contributed by atoms with Crippen molar-refractivity contribution in [3.63, 3.8) is 0 Å². The summed E-state index contributed by atoms with van der Waals surface area (Å²) >= 11 is 0. The van der Waals surface area contributed by atoms with Gasteiger partial charge in [0.25, 0.3) is 0 Å². The second kappa shape index (κ2) is 4.64. The molecule has 18 heavy (non-hydrogen) atoms.